The predicted molar refractivity (Wildman–Crippen MR) is 73.6 cm³/mol. The molecule has 1 fully saturated rings. The van der Waals surface area contributed by atoms with E-state index in [1.54, 1.807) is 0 Å². The van der Waals surface area contributed by atoms with Gasteiger partial charge in [0.1, 0.15) is 5.82 Å². The van der Waals surface area contributed by atoms with Gasteiger partial charge >= 0.3 is 0 Å². The van der Waals surface area contributed by atoms with E-state index in [4.69, 9.17) is 11.5 Å². The first-order valence-corrected chi connectivity index (χ1v) is 6.55. The highest BCUT2D eigenvalue weighted by Crippen LogP contribution is 2.27. The number of rotatable bonds is 3. The van der Waals surface area contributed by atoms with Crippen LogP contribution in [0.1, 0.15) is 35.2 Å². The molecule has 1 aliphatic carbocycles. The Morgan fingerprint density at radius 1 is 1.35 bits per heavy atom. The molecular weight excluding hydrogens is 261 g/mol. The number of hydrogen-bond acceptors (Lipinski definition) is 3. The molecule has 6 heteroatoms. The van der Waals surface area contributed by atoms with Crippen molar-refractivity contribution >= 4 is 17.5 Å². The molecule has 2 rings (SSSR count). The van der Waals surface area contributed by atoms with Gasteiger partial charge in [-0.3, -0.25) is 9.59 Å². The largest absolute Gasteiger partial charge is 0.366 e. The van der Waals surface area contributed by atoms with Crippen molar-refractivity contribution in [1.29, 1.82) is 0 Å². The Morgan fingerprint density at radius 2 is 2.05 bits per heavy atom. The highest BCUT2D eigenvalue weighted by molar-refractivity contribution is 5.97. The first-order chi connectivity index (χ1) is 9.38. The average molecular weight is 279 g/mol. The minimum Gasteiger partial charge on any atom is -0.366 e. The number of hydrogen-bond donors (Lipinski definition) is 3. The van der Waals surface area contributed by atoms with Crippen molar-refractivity contribution in [3.63, 3.8) is 0 Å². The highest BCUT2D eigenvalue weighted by Gasteiger charge is 2.28. The van der Waals surface area contributed by atoms with E-state index in [0.29, 0.717) is 6.42 Å². The summed E-state index contributed by atoms with van der Waals surface area (Å²) in [5.74, 6) is -1.66. The van der Waals surface area contributed by atoms with Crippen molar-refractivity contribution in [3.05, 3.63) is 29.1 Å². The summed E-state index contributed by atoms with van der Waals surface area (Å²) in [6, 6.07) is 2.51. The van der Waals surface area contributed by atoms with Crippen LogP contribution < -0.4 is 16.8 Å². The van der Waals surface area contributed by atoms with Gasteiger partial charge in [0, 0.05) is 28.8 Å². The standard InChI is InChI=1S/C14H18FN3O2/c1-7-11(15)5-9(13(17)19)6-12(7)18-14(20)8-2-3-10(16)4-8/h5-6,8,10H,2-4,16H2,1H3,(H2,17,19)(H,18,20). The van der Waals surface area contributed by atoms with Gasteiger partial charge in [0.2, 0.25) is 11.8 Å². The quantitative estimate of drug-likeness (QED) is 0.777. The third-order valence-electron chi connectivity index (χ3n) is 3.73. The van der Waals surface area contributed by atoms with Crippen LogP contribution >= 0.6 is 0 Å². The Morgan fingerprint density at radius 3 is 2.60 bits per heavy atom. The van der Waals surface area contributed by atoms with Crippen molar-refractivity contribution < 1.29 is 14.0 Å². The molecule has 0 aromatic heterocycles. The molecule has 108 valence electrons. The van der Waals surface area contributed by atoms with E-state index < -0.39 is 11.7 Å². The summed E-state index contributed by atoms with van der Waals surface area (Å²) in [4.78, 5) is 23.2. The van der Waals surface area contributed by atoms with Crippen LogP contribution in [0.25, 0.3) is 0 Å². The van der Waals surface area contributed by atoms with Crippen LogP contribution in [-0.2, 0) is 4.79 Å². The number of benzene rings is 1. The van der Waals surface area contributed by atoms with Crippen LogP contribution in [0.4, 0.5) is 10.1 Å². The number of amides is 2. The summed E-state index contributed by atoms with van der Waals surface area (Å²) in [7, 11) is 0. The number of nitrogens with one attached hydrogen (secondary N) is 1. The maximum absolute atomic E-state index is 13.7. The number of carbonyl (C=O) groups is 2. The molecule has 5 nitrogen and oxygen atoms in total. The molecule has 20 heavy (non-hydrogen) atoms. The second-order valence-electron chi connectivity index (χ2n) is 5.25. The van der Waals surface area contributed by atoms with Crippen LogP contribution in [0.3, 0.4) is 0 Å². The lowest BCUT2D eigenvalue weighted by molar-refractivity contribution is -0.119. The molecule has 0 aliphatic heterocycles. The molecule has 0 radical (unpaired) electrons. The van der Waals surface area contributed by atoms with Gasteiger partial charge in [0.05, 0.1) is 0 Å². The Kier molecular flexibility index (Phi) is 4.04. The van der Waals surface area contributed by atoms with Gasteiger partial charge in [-0.15, -0.1) is 0 Å². The Balaban J connectivity index is 2.20. The lowest BCUT2D eigenvalue weighted by Gasteiger charge is -2.14. The fourth-order valence-corrected chi connectivity index (χ4v) is 2.44. The molecule has 2 atom stereocenters. The molecule has 1 aromatic carbocycles. The van der Waals surface area contributed by atoms with Crippen molar-refractivity contribution in [2.24, 2.45) is 17.4 Å². The molecule has 1 aliphatic rings. The molecule has 0 saturated heterocycles. The molecule has 0 heterocycles. The average Bonchev–Trinajstić information content (AvgIpc) is 2.81. The van der Waals surface area contributed by atoms with Crippen molar-refractivity contribution in [2.45, 2.75) is 32.2 Å². The fraction of sp³-hybridized carbons (Fsp3) is 0.429. The van der Waals surface area contributed by atoms with Gasteiger partial charge in [-0.2, -0.15) is 0 Å². The Hall–Kier alpha value is -1.95. The molecule has 2 amide bonds. The van der Waals surface area contributed by atoms with E-state index in [2.05, 4.69) is 5.32 Å². The summed E-state index contributed by atoms with van der Waals surface area (Å²) < 4.78 is 13.7. The second-order valence-corrected chi connectivity index (χ2v) is 5.25. The number of nitrogens with two attached hydrogens (primary N) is 2. The Bertz CT molecular complexity index is 560. The molecule has 1 saturated carbocycles. The van der Waals surface area contributed by atoms with E-state index in [1.165, 1.54) is 13.0 Å². The van der Waals surface area contributed by atoms with Crippen LogP contribution in [0.15, 0.2) is 12.1 Å². The maximum Gasteiger partial charge on any atom is 0.248 e. The predicted octanol–water partition coefficient (Wildman–Crippen LogP) is 1.30. The smallest absolute Gasteiger partial charge is 0.248 e. The van der Waals surface area contributed by atoms with Crippen molar-refractivity contribution in [2.75, 3.05) is 5.32 Å². The first-order valence-electron chi connectivity index (χ1n) is 6.55. The normalized spacial score (nSPS) is 21.8. The maximum atomic E-state index is 13.7. The summed E-state index contributed by atoms with van der Waals surface area (Å²) in [6.45, 7) is 1.54. The zero-order valence-corrected chi connectivity index (χ0v) is 11.3. The molecule has 5 N–H and O–H groups in total. The van der Waals surface area contributed by atoms with Gasteiger partial charge in [0.25, 0.3) is 0 Å². The molecule has 2 unspecified atom stereocenters. The minimum absolute atomic E-state index is 0.0338. The summed E-state index contributed by atoms with van der Waals surface area (Å²) >= 11 is 0. The van der Waals surface area contributed by atoms with E-state index >= 15 is 0 Å². The summed E-state index contributed by atoms with van der Waals surface area (Å²) in [5.41, 5.74) is 11.5. The van der Waals surface area contributed by atoms with E-state index in [-0.39, 0.29) is 34.7 Å². The first kappa shape index (κ1) is 14.5. The summed E-state index contributed by atoms with van der Waals surface area (Å²) in [5, 5.41) is 2.67. The zero-order valence-electron chi connectivity index (χ0n) is 11.3. The van der Waals surface area contributed by atoms with Gasteiger partial charge < -0.3 is 16.8 Å². The molecule has 0 spiro atoms. The number of primary amides is 1. The van der Waals surface area contributed by atoms with Gasteiger partial charge in [-0.25, -0.2) is 4.39 Å². The monoisotopic (exact) mass is 279 g/mol. The van der Waals surface area contributed by atoms with Crippen LogP contribution in [-0.4, -0.2) is 17.9 Å². The van der Waals surface area contributed by atoms with Gasteiger partial charge in [-0.1, -0.05) is 0 Å². The molecule has 1 aromatic rings. The van der Waals surface area contributed by atoms with Gasteiger partial charge in [0.15, 0.2) is 0 Å². The molecular formula is C14H18FN3O2. The lowest BCUT2D eigenvalue weighted by Crippen LogP contribution is -2.24. The number of carbonyl (C=O) groups excluding carboxylic acids is 2. The topological polar surface area (TPSA) is 98.2 Å². The number of halogens is 1. The Labute approximate surface area is 116 Å². The SMILES string of the molecule is Cc1c(F)cc(C(N)=O)cc1NC(=O)C1CCC(N)C1. The van der Waals surface area contributed by atoms with Crippen LogP contribution in [0, 0.1) is 18.7 Å². The third-order valence-corrected chi connectivity index (χ3v) is 3.73. The van der Waals surface area contributed by atoms with E-state index in [0.717, 1.165) is 18.9 Å². The minimum atomic E-state index is -0.734. The van der Waals surface area contributed by atoms with E-state index in [1.807, 2.05) is 0 Å². The van der Waals surface area contributed by atoms with E-state index in [9.17, 15) is 14.0 Å². The fourth-order valence-electron chi connectivity index (χ4n) is 2.44. The van der Waals surface area contributed by atoms with Gasteiger partial charge in [-0.05, 0) is 38.3 Å². The van der Waals surface area contributed by atoms with Crippen molar-refractivity contribution in [1.82, 2.24) is 0 Å². The van der Waals surface area contributed by atoms with Crippen molar-refractivity contribution in [3.8, 4) is 0 Å². The van der Waals surface area contributed by atoms with Crippen LogP contribution in [0.2, 0.25) is 0 Å². The second kappa shape index (κ2) is 5.58. The zero-order chi connectivity index (χ0) is 14.9. The lowest BCUT2D eigenvalue weighted by atomic mass is 10.1. The highest BCUT2D eigenvalue weighted by atomic mass is 19.1. The molecule has 0 bridgehead atoms. The third kappa shape index (κ3) is 2.96. The number of anilines is 1. The van der Waals surface area contributed by atoms with Crippen LogP contribution in [0.5, 0.6) is 0 Å². The summed E-state index contributed by atoms with van der Waals surface area (Å²) in [6.07, 6.45) is 2.17.